The summed E-state index contributed by atoms with van der Waals surface area (Å²) < 4.78 is 0. The molecule has 3 N–H and O–H groups in total. The van der Waals surface area contributed by atoms with Gasteiger partial charge in [-0.25, -0.2) is 0 Å². The van der Waals surface area contributed by atoms with E-state index in [1.165, 1.54) is 17.0 Å². The lowest BCUT2D eigenvalue weighted by Gasteiger charge is -2.17. The molecule has 1 unspecified atom stereocenters. The Labute approximate surface area is 175 Å². The number of para-hydroxylation sites is 1. The molecule has 1 atom stereocenters. The maximum Gasteiger partial charge on any atom is 0.249 e. The third kappa shape index (κ3) is 3.90. The van der Waals surface area contributed by atoms with Crippen LogP contribution < -0.4 is 10.2 Å². The SMILES string of the molecule is O=C(Nc1n[nH]c(-c2ccc(O)c(Cl)c2)n1)C1CC(=O)N(c2ccccc2Cl)C1. The number of aromatic amines is 1. The van der Waals surface area contributed by atoms with E-state index in [4.69, 9.17) is 23.2 Å². The number of anilines is 2. The van der Waals surface area contributed by atoms with Crippen LogP contribution in [0.5, 0.6) is 5.75 Å². The Hall–Kier alpha value is -3.10. The van der Waals surface area contributed by atoms with Gasteiger partial charge in [-0.1, -0.05) is 35.3 Å². The van der Waals surface area contributed by atoms with Crippen molar-refractivity contribution in [3.63, 3.8) is 0 Å². The second kappa shape index (κ2) is 7.73. The largest absolute Gasteiger partial charge is 0.506 e. The van der Waals surface area contributed by atoms with Gasteiger partial charge in [0.2, 0.25) is 17.8 Å². The Morgan fingerprint density at radius 3 is 2.76 bits per heavy atom. The molecule has 29 heavy (non-hydrogen) atoms. The van der Waals surface area contributed by atoms with Gasteiger partial charge >= 0.3 is 0 Å². The number of aromatic nitrogens is 3. The van der Waals surface area contributed by atoms with Gasteiger partial charge in [0.15, 0.2) is 5.82 Å². The minimum Gasteiger partial charge on any atom is -0.506 e. The number of nitrogens with one attached hydrogen (secondary N) is 2. The monoisotopic (exact) mass is 431 g/mol. The summed E-state index contributed by atoms with van der Waals surface area (Å²) in [6.07, 6.45) is 0.0713. The summed E-state index contributed by atoms with van der Waals surface area (Å²) in [5.41, 5.74) is 1.18. The standard InChI is InChI=1S/C19H15Cl2N5O3/c20-12-3-1-2-4-14(12)26-9-11(8-16(26)28)18(29)23-19-22-17(24-25-19)10-5-6-15(27)13(21)7-10/h1-7,11,27H,8-9H2,(H2,22,23,24,25,29). The number of H-pyrrole nitrogens is 1. The van der Waals surface area contributed by atoms with Crippen LogP contribution in [0.1, 0.15) is 6.42 Å². The minimum atomic E-state index is -0.552. The zero-order valence-corrected chi connectivity index (χ0v) is 16.4. The van der Waals surface area contributed by atoms with E-state index in [0.29, 0.717) is 22.1 Å². The number of amides is 2. The minimum absolute atomic E-state index is 0.0440. The molecule has 0 spiro atoms. The fraction of sp³-hybridized carbons (Fsp3) is 0.158. The van der Waals surface area contributed by atoms with Gasteiger partial charge < -0.3 is 10.0 Å². The normalized spacial score (nSPS) is 16.3. The summed E-state index contributed by atoms with van der Waals surface area (Å²) >= 11 is 12.1. The van der Waals surface area contributed by atoms with Crippen molar-refractivity contribution < 1.29 is 14.7 Å². The molecular weight excluding hydrogens is 417 g/mol. The Morgan fingerprint density at radius 1 is 1.21 bits per heavy atom. The predicted octanol–water partition coefficient (Wildman–Crippen LogP) is 3.48. The van der Waals surface area contributed by atoms with Crippen LogP contribution in [0, 0.1) is 5.92 Å². The number of carbonyl (C=O) groups excluding carboxylic acids is 2. The molecule has 0 aliphatic carbocycles. The molecule has 1 aromatic heterocycles. The van der Waals surface area contributed by atoms with Gasteiger partial charge in [0, 0.05) is 18.5 Å². The van der Waals surface area contributed by atoms with E-state index in [2.05, 4.69) is 20.5 Å². The Balaban J connectivity index is 1.45. The van der Waals surface area contributed by atoms with E-state index in [1.54, 1.807) is 30.3 Å². The van der Waals surface area contributed by atoms with Gasteiger partial charge in [-0.2, -0.15) is 4.98 Å². The topological polar surface area (TPSA) is 111 Å². The van der Waals surface area contributed by atoms with Crippen molar-refractivity contribution in [2.24, 2.45) is 5.92 Å². The summed E-state index contributed by atoms with van der Waals surface area (Å²) in [7, 11) is 0. The molecule has 148 valence electrons. The fourth-order valence-corrected chi connectivity index (χ4v) is 3.52. The van der Waals surface area contributed by atoms with Crippen LogP contribution in [-0.2, 0) is 9.59 Å². The number of halogens is 2. The highest BCUT2D eigenvalue weighted by atomic mass is 35.5. The van der Waals surface area contributed by atoms with Crippen LogP contribution in [0.3, 0.4) is 0 Å². The molecule has 1 fully saturated rings. The maximum atomic E-state index is 12.6. The second-order valence-electron chi connectivity index (χ2n) is 6.52. The first-order valence-corrected chi connectivity index (χ1v) is 9.45. The molecule has 0 radical (unpaired) electrons. The smallest absolute Gasteiger partial charge is 0.249 e. The summed E-state index contributed by atoms with van der Waals surface area (Å²) in [6.45, 7) is 0.221. The first kappa shape index (κ1) is 19.2. The summed E-state index contributed by atoms with van der Waals surface area (Å²) in [4.78, 5) is 30.7. The molecule has 3 aromatic rings. The molecule has 4 rings (SSSR count). The van der Waals surface area contributed by atoms with Crippen LogP contribution in [0.2, 0.25) is 10.0 Å². The van der Waals surface area contributed by atoms with Crippen LogP contribution in [0.4, 0.5) is 11.6 Å². The lowest BCUT2D eigenvalue weighted by Crippen LogP contribution is -2.28. The molecule has 1 aliphatic heterocycles. The fourth-order valence-electron chi connectivity index (χ4n) is 3.10. The van der Waals surface area contributed by atoms with Crippen LogP contribution >= 0.6 is 23.2 Å². The van der Waals surface area contributed by atoms with Gasteiger partial charge in [0.05, 0.1) is 21.7 Å². The van der Waals surface area contributed by atoms with Crippen molar-refractivity contribution >= 4 is 46.7 Å². The quantitative estimate of drug-likeness (QED) is 0.585. The number of hydrogen-bond donors (Lipinski definition) is 3. The third-order valence-electron chi connectivity index (χ3n) is 4.58. The molecular formula is C19H15Cl2N5O3. The molecule has 2 heterocycles. The summed E-state index contributed by atoms with van der Waals surface area (Å²) in [6, 6.07) is 11.6. The zero-order chi connectivity index (χ0) is 20.5. The zero-order valence-electron chi connectivity index (χ0n) is 14.9. The highest BCUT2D eigenvalue weighted by Crippen LogP contribution is 2.31. The number of aromatic hydroxyl groups is 1. The highest BCUT2D eigenvalue weighted by Gasteiger charge is 2.36. The number of carbonyl (C=O) groups is 2. The predicted molar refractivity (Wildman–Crippen MR) is 109 cm³/mol. The molecule has 0 saturated carbocycles. The average molecular weight is 432 g/mol. The number of hydrogen-bond acceptors (Lipinski definition) is 5. The van der Waals surface area contributed by atoms with Crippen LogP contribution in [-0.4, -0.2) is 38.6 Å². The maximum absolute atomic E-state index is 12.6. The van der Waals surface area contributed by atoms with E-state index in [0.717, 1.165) is 0 Å². The van der Waals surface area contributed by atoms with Gasteiger partial charge in [-0.15, -0.1) is 5.10 Å². The Kier molecular flexibility index (Phi) is 5.12. The van der Waals surface area contributed by atoms with Gasteiger partial charge in [-0.3, -0.25) is 20.0 Å². The van der Waals surface area contributed by atoms with Crippen molar-refractivity contribution in [1.29, 1.82) is 0 Å². The highest BCUT2D eigenvalue weighted by molar-refractivity contribution is 6.34. The molecule has 1 aliphatic rings. The first-order chi connectivity index (χ1) is 13.9. The van der Waals surface area contributed by atoms with E-state index in [9.17, 15) is 14.7 Å². The second-order valence-corrected chi connectivity index (χ2v) is 7.33. The van der Waals surface area contributed by atoms with E-state index >= 15 is 0 Å². The third-order valence-corrected chi connectivity index (χ3v) is 5.20. The Morgan fingerprint density at radius 2 is 2.00 bits per heavy atom. The van der Waals surface area contributed by atoms with Crippen molar-refractivity contribution in [2.45, 2.75) is 6.42 Å². The summed E-state index contributed by atoms with van der Waals surface area (Å²) in [5, 5.41) is 19.4. The van der Waals surface area contributed by atoms with Crippen molar-refractivity contribution in [1.82, 2.24) is 15.2 Å². The number of benzene rings is 2. The number of phenols is 1. The molecule has 10 heteroatoms. The van der Waals surface area contributed by atoms with E-state index < -0.39 is 5.92 Å². The number of rotatable bonds is 4. The van der Waals surface area contributed by atoms with Gasteiger partial charge in [0.1, 0.15) is 5.75 Å². The van der Waals surface area contributed by atoms with E-state index in [-0.39, 0.29) is 41.5 Å². The van der Waals surface area contributed by atoms with Gasteiger partial charge in [-0.05, 0) is 30.3 Å². The Bertz CT molecular complexity index is 1100. The lowest BCUT2D eigenvalue weighted by atomic mass is 10.1. The van der Waals surface area contributed by atoms with E-state index in [1.807, 2.05) is 0 Å². The van der Waals surface area contributed by atoms with Crippen LogP contribution in [0.25, 0.3) is 11.4 Å². The number of phenolic OH excluding ortho intramolecular Hbond substituents is 1. The van der Waals surface area contributed by atoms with Crippen LogP contribution in [0.15, 0.2) is 42.5 Å². The molecule has 2 amide bonds. The van der Waals surface area contributed by atoms with Gasteiger partial charge in [0.25, 0.3) is 0 Å². The molecule has 0 bridgehead atoms. The average Bonchev–Trinajstić information content (AvgIpc) is 3.31. The molecule has 8 nitrogen and oxygen atoms in total. The molecule has 2 aromatic carbocycles. The first-order valence-electron chi connectivity index (χ1n) is 8.69. The summed E-state index contributed by atoms with van der Waals surface area (Å²) in [5.74, 6) is -0.670. The lowest BCUT2D eigenvalue weighted by molar-refractivity contribution is -0.122. The molecule has 1 saturated heterocycles. The van der Waals surface area contributed by atoms with Crippen molar-refractivity contribution in [3.8, 4) is 17.1 Å². The van der Waals surface area contributed by atoms with Crippen molar-refractivity contribution in [2.75, 3.05) is 16.8 Å². The number of nitrogens with zero attached hydrogens (tertiary/aromatic N) is 3. The van der Waals surface area contributed by atoms with Crippen molar-refractivity contribution in [3.05, 3.63) is 52.5 Å².